The van der Waals surface area contributed by atoms with Gasteiger partial charge in [-0.2, -0.15) is 0 Å². The molecule has 0 aliphatic rings. The second-order valence-electron chi connectivity index (χ2n) is 6.36. The van der Waals surface area contributed by atoms with Crippen LogP contribution in [-0.2, 0) is 0 Å². The first-order valence-electron chi connectivity index (χ1n) is 8.68. The van der Waals surface area contributed by atoms with Crippen LogP contribution in [0.2, 0.25) is 0 Å². The minimum absolute atomic E-state index is 0.124. The number of aromatic hydroxyl groups is 1. The summed E-state index contributed by atoms with van der Waals surface area (Å²) in [6.07, 6.45) is 1.62. The molecule has 0 saturated carbocycles. The van der Waals surface area contributed by atoms with Crippen molar-refractivity contribution in [2.75, 3.05) is 0 Å². The molecule has 27 heavy (non-hydrogen) atoms. The normalized spacial score (nSPS) is 11.3. The fraction of sp³-hybridized carbons (Fsp3) is 0.0435. The van der Waals surface area contributed by atoms with E-state index in [1.54, 1.807) is 24.4 Å². The topological polar surface area (TPSA) is 54.6 Å². The standard InChI is InChI=1S/C23H18N2O2/c1-16-8-7-9-17(14-16)24-15-21-19-12-5-6-13-20(19)22(26)25(23(21)27)18-10-3-2-4-11-18/h2-15,27H,1H3. The Morgan fingerprint density at radius 2 is 1.59 bits per heavy atom. The van der Waals surface area contributed by atoms with Gasteiger partial charge < -0.3 is 5.11 Å². The Balaban J connectivity index is 1.98. The highest BCUT2D eigenvalue weighted by Gasteiger charge is 2.15. The average molecular weight is 354 g/mol. The van der Waals surface area contributed by atoms with Crippen LogP contribution in [0.1, 0.15) is 11.1 Å². The molecule has 1 N–H and O–H groups in total. The van der Waals surface area contributed by atoms with Crippen molar-refractivity contribution in [1.82, 2.24) is 4.57 Å². The lowest BCUT2D eigenvalue weighted by Crippen LogP contribution is -2.20. The number of aromatic nitrogens is 1. The molecule has 3 aromatic carbocycles. The summed E-state index contributed by atoms with van der Waals surface area (Å²) < 4.78 is 1.32. The van der Waals surface area contributed by atoms with Crippen molar-refractivity contribution in [1.29, 1.82) is 0 Å². The van der Waals surface area contributed by atoms with Crippen LogP contribution < -0.4 is 5.56 Å². The lowest BCUT2D eigenvalue weighted by molar-refractivity contribution is 0.436. The zero-order chi connectivity index (χ0) is 18.8. The van der Waals surface area contributed by atoms with Crippen molar-refractivity contribution in [3.8, 4) is 11.6 Å². The van der Waals surface area contributed by atoms with Crippen LogP contribution in [0.4, 0.5) is 5.69 Å². The van der Waals surface area contributed by atoms with Gasteiger partial charge >= 0.3 is 0 Å². The fourth-order valence-corrected chi connectivity index (χ4v) is 3.15. The number of benzene rings is 3. The van der Waals surface area contributed by atoms with E-state index in [9.17, 15) is 9.90 Å². The molecule has 4 aromatic rings. The average Bonchev–Trinajstić information content (AvgIpc) is 2.69. The highest BCUT2D eigenvalue weighted by atomic mass is 16.3. The smallest absolute Gasteiger partial charge is 0.265 e. The molecule has 4 heteroatoms. The quantitative estimate of drug-likeness (QED) is 0.540. The molecule has 1 aromatic heterocycles. The summed E-state index contributed by atoms with van der Waals surface area (Å²) in [7, 11) is 0. The molecule has 1 heterocycles. The largest absolute Gasteiger partial charge is 0.494 e. The molecule has 0 atom stereocenters. The van der Waals surface area contributed by atoms with Crippen LogP contribution in [0.15, 0.2) is 88.6 Å². The number of para-hydroxylation sites is 1. The molecule has 0 amide bonds. The zero-order valence-electron chi connectivity index (χ0n) is 14.8. The summed E-state index contributed by atoms with van der Waals surface area (Å²) in [6, 6.07) is 24.2. The molecule has 0 unspecified atom stereocenters. The van der Waals surface area contributed by atoms with Gasteiger partial charge in [-0.05, 0) is 42.8 Å². The van der Waals surface area contributed by atoms with E-state index in [2.05, 4.69) is 4.99 Å². The van der Waals surface area contributed by atoms with Crippen molar-refractivity contribution in [2.24, 2.45) is 4.99 Å². The minimum Gasteiger partial charge on any atom is -0.494 e. The number of rotatable bonds is 3. The molecular formula is C23H18N2O2. The van der Waals surface area contributed by atoms with Gasteiger partial charge in [-0.1, -0.05) is 48.5 Å². The first-order valence-corrected chi connectivity index (χ1v) is 8.68. The van der Waals surface area contributed by atoms with Gasteiger partial charge in [0, 0.05) is 17.0 Å². The SMILES string of the molecule is Cc1cccc(N=Cc2c(O)n(-c3ccccc3)c(=O)c3ccccc23)c1. The number of aliphatic imine (C=N–C) groups is 1. The predicted molar refractivity (Wildman–Crippen MR) is 110 cm³/mol. The van der Waals surface area contributed by atoms with Gasteiger partial charge in [-0.3, -0.25) is 9.79 Å². The van der Waals surface area contributed by atoms with Crippen molar-refractivity contribution in [2.45, 2.75) is 6.92 Å². The van der Waals surface area contributed by atoms with E-state index in [0.717, 1.165) is 11.3 Å². The van der Waals surface area contributed by atoms with Gasteiger partial charge in [0.25, 0.3) is 5.56 Å². The molecule has 0 saturated heterocycles. The number of aryl methyl sites for hydroxylation is 1. The summed E-state index contributed by atoms with van der Waals surface area (Å²) in [5, 5.41) is 12.1. The van der Waals surface area contributed by atoms with Crippen molar-refractivity contribution in [3.05, 3.63) is 100 Å². The van der Waals surface area contributed by atoms with Crippen LogP contribution in [0.25, 0.3) is 16.5 Å². The molecule has 0 aliphatic carbocycles. The Hall–Kier alpha value is -3.66. The predicted octanol–water partition coefficient (Wildman–Crippen LogP) is 4.76. The molecule has 0 spiro atoms. The third-order valence-electron chi connectivity index (χ3n) is 4.46. The summed E-state index contributed by atoms with van der Waals surface area (Å²) in [6.45, 7) is 2.00. The van der Waals surface area contributed by atoms with E-state index in [1.165, 1.54) is 4.57 Å². The third kappa shape index (κ3) is 3.13. The van der Waals surface area contributed by atoms with Crippen molar-refractivity contribution >= 4 is 22.7 Å². The molecule has 0 bridgehead atoms. The van der Waals surface area contributed by atoms with E-state index in [0.29, 0.717) is 22.0 Å². The molecule has 0 radical (unpaired) electrons. The van der Waals surface area contributed by atoms with Gasteiger partial charge in [0.15, 0.2) is 0 Å². The molecule has 0 fully saturated rings. The highest BCUT2D eigenvalue weighted by Crippen LogP contribution is 2.26. The summed E-state index contributed by atoms with van der Waals surface area (Å²) in [4.78, 5) is 17.5. The summed E-state index contributed by atoms with van der Waals surface area (Å²) in [5.41, 5.74) is 2.75. The van der Waals surface area contributed by atoms with E-state index in [4.69, 9.17) is 0 Å². The van der Waals surface area contributed by atoms with Gasteiger partial charge in [0.2, 0.25) is 5.88 Å². The van der Waals surface area contributed by atoms with Crippen LogP contribution in [0, 0.1) is 6.92 Å². The molecular weight excluding hydrogens is 336 g/mol. The Bertz CT molecular complexity index is 1210. The van der Waals surface area contributed by atoms with E-state index in [1.807, 2.05) is 67.6 Å². The summed E-state index contributed by atoms with van der Waals surface area (Å²) >= 11 is 0. The maximum absolute atomic E-state index is 13.0. The van der Waals surface area contributed by atoms with Gasteiger partial charge in [-0.15, -0.1) is 0 Å². The molecule has 4 nitrogen and oxygen atoms in total. The van der Waals surface area contributed by atoms with E-state index in [-0.39, 0.29) is 11.4 Å². The van der Waals surface area contributed by atoms with E-state index < -0.39 is 0 Å². The lowest BCUT2D eigenvalue weighted by atomic mass is 10.1. The Kier molecular flexibility index (Phi) is 4.30. The first kappa shape index (κ1) is 16.8. The van der Waals surface area contributed by atoms with Crippen molar-refractivity contribution in [3.63, 3.8) is 0 Å². The number of nitrogens with zero attached hydrogens (tertiary/aromatic N) is 2. The van der Waals surface area contributed by atoms with Crippen LogP contribution in [-0.4, -0.2) is 15.9 Å². The summed E-state index contributed by atoms with van der Waals surface area (Å²) in [5.74, 6) is -0.124. The fourth-order valence-electron chi connectivity index (χ4n) is 3.15. The molecule has 132 valence electrons. The second kappa shape index (κ2) is 6.92. The minimum atomic E-state index is -0.262. The first-order chi connectivity index (χ1) is 13.1. The number of hydrogen-bond acceptors (Lipinski definition) is 3. The van der Waals surface area contributed by atoms with Gasteiger partial charge in [0.1, 0.15) is 0 Å². The Labute approximate surface area is 156 Å². The number of hydrogen-bond donors (Lipinski definition) is 1. The maximum Gasteiger partial charge on any atom is 0.265 e. The van der Waals surface area contributed by atoms with Crippen molar-refractivity contribution < 1.29 is 5.11 Å². The molecule has 0 aliphatic heterocycles. The Morgan fingerprint density at radius 1 is 0.889 bits per heavy atom. The lowest BCUT2D eigenvalue weighted by Gasteiger charge is -2.13. The number of fused-ring (bicyclic) bond motifs is 1. The zero-order valence-corrected chi connectivity index (χ0v) is 14.8. The third-order valence-corrected chi connectivity index (χ3v) is 4.46. The number of pyridine rings is 1. The molecule has 4 rings (SSSR count). The monoisotopic (exact) mass is 354 g/mol. The van der Waals surface area contributed by atoms with Gasteiger partial charge in [-0.25, -0.2) is 4.57 Å². The Morgan fingerprint density at radius 3 is 2.33 bits per heavy atom. The van der Waals surface area contributed by atoms with E-state index >= 15 is 0 Å². The maximum atomic E-state index is 13.0. The van der Waals surface area contributed by atoms with Gasteiger partial charge in [0.05, 0.1) is 16.9 Å². The van der Waals surface area contributed by atoms with Crippen LogP contribution in [0.3, 0.4) is 0 Å². The second-order valence-corrected chi connectivity index (χ2v) is 6.36. The van der Waals surface area contributed by atoms with Crippen LogP contribution >= 0.6 is 0 Å². The van der Waals surface area contributed by atoms with Crippen LogP contribution in [0.5, 0.6) is 5.88 Å². The highest BCUT2D eigenvalue weighted by molar-refractivity contribution is 6.02.